The van der Waals surface area contributed by atoms with Crippen molar-refractivity contribution in [3.8, 4) is 0 Å². The third-order valence-electron chi connectivity index (χ3n) is 1.31. The van der Waals surface area contributed by atoms with Gasteiger partial charge in [-0.3, -0.25) is 4.68 Å². The molecule has 0 radical (unpaired) electrons. The number of halogens is 2. The van der Waals surface area contributed by atoms with Crippen molar-refractivity contribution in [2.75, 3.05) is 0 Å². The fourth-order valence-corrected chi connectivity index (χ4v) is 2.92. The van der Waals surface area contributed by atoms with Crippen LogP contribution in [0, 0.1) is 0 Å². The molecule has 1 aromatic rings. The Morgan fingerprint density at radius 1 is 1.75 bits per heavy atom. The minimum atomic E-state index is -3.68. The van der Waals surface area contributed by atoms with Crippen LogP contribution < -0.4 is 0 Å². The topological polar surface area (TPSA) is 52.0 Å². The first-order valence-electron chi connectivity index (χ1n) is 3.12. The van der Waals surface area contributed by atoms with E-state index < -0.39 is 9.05 Å². The standard InChI is InChI=1S/C5H6BrClN2O2S/c1-2-9-5(6)4(3-8-9)12(7,10)11/h3H,2H2,1H3. The molecule has 0 N–H and O–H groups in total. The van der Waals surface area contributed by atoms with Gasteiger partial charge in [0.2, 0.25) is 0 Å². The highest BCUT2D eigenvalue weighted by atomic mass is 79.9. The summed E-state index contributed by atoms with van der Waals surface area (Å²) in [7, 11) is 1.44. The SMILES string of the molecule is CCn1ncc(S(=O)(=O)Cl)c1Br. The number of aromatic nitrogens is 2. The molecule has 0 saturated carbocycles. The van der Waals surface area contributed by atoms with Crippen molar-refractivity contribution in [1.82, 2.24) is 9.78 Å². The van der Waals surface area contributed by atoms with Crippen molar-refractivity contribution in [1.29, 1.82) is 0 Å². The number of hydrogen-bond acceptors (Lipinski definition) is 3. The summed E-state index contributed by atoms with van der Waals surface area (Å²) in [5.41, 5.74) is 0. The van der Waals surface area contributed by atoms with Crippen LogP contribution in [0.5, 0.6) is 0 Å². The van der Waals surface area contributed by atoms with Crippen molar-refractivity contribution in [3.63, 3.8) is 0 Å². The molecule has 68 valence electrons. The molecule has 12 heavy (non-hydrogen) atoms. The fourth-order valence-electron chi connectivity index (χ4n) is 0.737. The lowest BCUT2D eigenvalue weighted by atomic mass is 10.7. The maximum Gasteiger partial charge on any atom is 0.265 e. The van der Waals surface area contributed by atoms with Crippen LogP contribution in [0.15, 0.2) is 15.7 Å². The molecule has 0 atom stereocenters. The van der Waals surface area contributed by atoms with E-state index in [1.165, 1.54) is 10.9 Å². The summed E-state index contributed by atoms with van der Waals surface area (Å²) in [5, 5.41) is 3.81. The molecule has 0 aliphatic rings. The van der Waals surface area contributed by atoms with E-state index in [2.05, 4.69) is 21.0 Å². The van der Waals surface area contributed by atoms with E-state index in [9.17, 15) is 8.42 Å². The fraction of sp³-hybridized carbons (Fsp3) is 0.400. The van der Waals surface area contributed by atoms with E-state index in [4.69, 9.17) is 10.7 Å². The molecule has 0 spiro atoms. The zero-order chi connectivity index (χ0) is 9.35. The van der Waals surface area contributed by atoms with Gasteiger partial charge in [0.1, 0.15) is 9.50 Å². The van der Waals surface area contributed by atoms with Crippen molar-refractivity contribution >= 4 is 35.7 Å². The van der Waals surface area contributed by atoms with Crippen molar-refractivity contribution in [2.45, 2.75) is 18.4 Å². The molecule has 4 nitrogen and oxygen atoms in total. The van der Waals surface area contributed by atoms with Gasteiger partial charge in [-0.15, -0.1) is 0 Å². The van der Waals surface area contributed by atoms with E-state index in [0.29, 0.717) is 11.1 Å². The first kappa shape index (κ1) is 10.0. The predicted molar refractivity (Wildman–Crippen MR) is 48.6 cm³/mol. The van der Waals surface area contributed by atoms with Crippen molar-refractivity contribution in [3.05, 3.63) is 10.8 Å². The molecule has 0 aliphatic heterocycles. The third-order valence-corrected chi connectivity index (χ3v) is 3.73. The second-order valence-electron chi connectivity index (χ2n) is 2.05. The van der Waals surface area contributed by atoms with E-state index in [1.807, 2.05) is 6.92 Å². The first-order valence-corrected chi connectivity index (χ1v) is 6.23. The predicted octanol–water partition coefficient (Wildman–Crippen LogP) is 1.59. The number of hydrogen-bond donors (Lipinski definition) is 0. The smallest absolute Gasteiger partial charge is 0.257 e. The Kier molecular flexibility index (Phi) is 2.80. The Bertz CT molecular complexity index is 386. The molecule has 1 rings (SSSR count). The van der Waals surface area contributed by atoms with Crippen LogP contribution in [0.25, 0.3) is 0 Å². The Morgan fingerprint density at radius 2 is 2.33 bits per heavy atom. The Balaban J connectivity index is 3.30. The molecular formula is C5H6BrClN2O2S. The molecule has 7 heteroatoms. The summed E-state index contributed by atoms with van der Waals surface area (Å²) < 4.78 is 23.6. The van der Waals surface area contributed by atoms with Gasteiger partial charge < -0.3 is 0 Å². The normalized spacial score (nSPS) is 11.9. The van der Waals surface area contributed by atoms with Crippen LogP contribution in [0.2, 0.25) is 0 Å². The molecule has 0 saturated heterocycles. The lowest BCUT2D eigenvalue weighted by Gasteiger charge is -1.96. The zero-order valence-electron chi connectivity index (χ0n) is 6.16. The van der Waals surface area contributed by atoms with Gasteiger partial charge in [-0.25, -0.2) is 8.42 Å². The molecule has 0 aliphatic carbocycles. The average Bonchev–Trinajstić information content (AvgIpc) is 2.29. The van der Waals surface area contributed by atoms with Gasteiger partial charge >= 0.3 is 0 Å². The van der Waals surface area contributed by atoms with Crippen molar-refractivity contribution < 1.29 is 8.42 Å². The minimum absolute atomic E-state index is 0.00557. The maximum absolute atomic E-state index is 10.9. The Hall–Kier alpha value is -0.0700. The lowest BCUT2D eigenvalue weighted by molar-refractivity contribution is 0.607. The van der Waals surface area contributed by atoms with Gasteiger partial charge in [-0.05, 0) is 22.9 Å². The summed E-state index contributed by atoms with van der Waals surface area (Å²) in [5.74, 6) is 0. The van der Waals surface area contributed by atoms with Crippen molar-refractivity contribution in [2.24, 2.45) is 0 Å². The molecule has 0 aromatic carbocycles. The average molecular weight is 274 g/mol. The summed E-state index contributed by atoms with van der Waals surface area (Å²) in [6.45, 7) is 2.44. The van der Waals surface area contributed by atoms with Crippen LogP contribution >= 0.6 is 26.6 Å². The molecule has 0 bridgehead atoms. The number of nitrogens with zero attached hydrogens (tertiary/aromatic N) is 2. The van der Waals surface area contributed by atoms with Gasteiger partial charge in [-0.1, -0.05) is 0 Å². The molecule has 0 unspecified atom stereocenters. The van der Waals surface area contributed by atoms with Gasteiger partial charge in [0.15, 0.2) is 0 Å². The second kappa shape index (κ2) is 3.35. The van der Waals surface area contributed by atoms with Crippen LogP contribution in [0.3, 0.4) is 0 Å². The minimum Gasteiger partial charge on any atom is -0.257 e. The number of rotatable bonds is 2. The summed E-state index contributed by atoms with van der Waals surface area (Å²) in [6.07, 6.45) is 1.22. The molecule has 1 aromatic heterocycles. The highest BCUT2D eigenvalue weighted by Gasteiger charge is 2.18. The van der Waals surface area contributed by atoms with E-state index in [0.717, 1.165) is 0 Å². The van der Waals surface area contributed by atoms with Gasteiger partial charge in [0.05, 0.1) is 6.20 Å². The Morgan fingerprint density at radius 3 is 2.58 bits per heavy atom. The van der Waals surface area contributed by atoms with Gasteiger partial charge in [0.25, 0.3) is 9.05 Å². The Labute approximate surface area is 83.1 Å². The van der Waals surface area contributed by atoms with Crippen LogP contribution in [-0.2, 0) is 15.6 Å². The molecule has 1 heterocycles. The van der Waals surface area contributed by atoms with Gasteiger partial charge in [-0.2, -0.15) is 5.10 Å². The third kappa shape index (κ3) is 1.81. The van der Waals surface area contributed by atoms with Gasteiger partial charge in [0, 0.05) is 17.2 Å². The first-order chi connectivity index (χ1) is 5.46. The summed E-state index contributed by atoms with van der Waals surface area (Å²) in [4.78, 5) is 0.00557. The van der Waals surface area contributed by atoms with Crippen LogP contribution in [0.4, 0.5) is 0 Å². The molecule has 0 amide bonds. The highest BCUT2D eigenvalue weighted by Crippen LogP contribution is 2.24. The lowest BCUT2D eigenvalue weighted by Crippen LogP contribution is -1.97. The zero-order valence-corrected chi connectivity index (χ0v) is 9.32. The van der Waals surface area contributed by atoms with E-state index in [1.54, 1.807) is 0 Å². The molecular weight excluding hydrogens is 267 g/mol. The highest BCUT2D eigenvalue weighted by molar-refractivity contribution is 9.10. The van der Waals surface area contributed by atoms with Crippen LogP contribution in [-0.4, -0.2) is 18.2 Å². The summed E-state index contributed by atoms with van der Waals surface area (Å²) >= 11 is 3.08. The largest absolute Gasteiger partial charge is 0.265 e. The second-order valence-corrected chi connectivity index (χ2v) is 5.34. The summed E-state index contributed by atoms with van der Waals surface area (Å²) in [6, 6.07) is 0. The van der Waals surface area contributed by atoms with E-state index >= 15 is 0 Å². The van der Waals surface area contributed by atoms with E-state index in [-0.39, 0.29) is 4.90 Å². The maximum atomic E-state index is 10.9. The quantitative estimate of drug-likeness (QED) is 0.769. The molecule has 0 fully saturated rings. The van der Waals surface area contributed by atoms with Crippen LogP contribution in [0.1, 0.15) is 6.92 Å². The number of aryl methyl sites for hydroxylation is 1. The monoisotopic (exact) mass is 272 g/mol.